The third-order valence-electron chi connectivity index (χ3n) is 3.86. The topological polar surface area (TPSA) is 21.6 Å². The molecule has 24 heavy (non-hydrogen) atoms. The molecule has 0 atom stereocenters. The number of hydrogen-bond donors (Lipinski definition) is 0. The first kappa shape index (κ1) is 16.3. The summed E-state index contributed by atoms with van der Waals surface area (Å²) in [6.07, 6.45) is 0. The van der Waals surface area contributed by atoms with Crippen LogP contribution in [0.5, 0.6) is 5.75 Å². The van der Waals surface area contributed by atoms with Crippen LogP contribution in [0.4, 0.5) is 5.69 Å². The zero-order chi connectivity index (χ0) is 17.2. The Morgan fingerprint density at radius 1 is 0.833 bits per heavy atom. The van der Waals surface area contributed by atoms with Gasteiger partial charge in [0.05, 0.1) is 5.69 Å². The van der Waals surface area contributed by atoms with Crippen LogP contribution in [0.25, 0.3) is 10.8 Å². The fraction of sp³-hybridized carbons (Fsp3) is 0.227. The molecule has 0 spiro atoms. The third-order valence-corrected chi connectivity index (χ3v) is 3.86. The molecule has 0 unspecified atom stereocenters. The van der Waals surface area contributed by atoms with Crippen LogP contribution < -0.4 is 4.74 Å². The molecule has 2 nitrogen and oxygen atoms in total. The van der Waals surface area contributed by atoms with Gasteiger partial charge in [0, 0.05) is 10.8 Å². The fourth-order valence-electron chi connectivity index (χ4n) is 2.47. The maximum Gasteiger partial charge on any atom is 0.200 e. The Labute approximate surface area is 143 Å². The summed E-state index contributed by atoms with van der Waals surface area (Å²) in [5.41, 5.74) is 1.94. The van der Waals surface area contributed by atoms with Gasteiger partial charge in [-0.3, -0.25) is 0 Å². The maximum atomic E-state index is 6.28. The van der Waals surface area contributed by atoms with Crippen LogP contribution in [0.15, 0.2) is 71.7 Å². The Morgan fingerprint density at radius 2 is 1.50 bits per heavy atom. The van der Waals surface area contributed by atoms with Crippen LogP contribution in [0, 0.1) is 12.3 Å². The standard InChI is InChI=1S/C22H23NO/c1-16-12-14-18(15-13-16)23-21(22(2,3)4)24-20-11-7-9-17-8-5-6-10-19(17)20/h5-15H,1-4H3. The summed E-state index contributed by atoms with van der Waals surface area (Å²) in [4.78, 5) is 4.77. The first-order valence-electron chi connectivity index (χ1n) is 8.25. The number of fused-ring (bicyclic) bond motifs is 1. The van der Waals surface area contributed by atoms with E-state index in [9.17, 15) is 0 Å². The minimum absolute atomic E-state index is 0.193. The van der Waals surface area contributed by atoms with E-state index < -0.39 is 0 Å². The summed E-state index contributed by atoms with van der Waals surface area (Å²) in [6.45, 7) is 8.42. The first-order chi connectivity index (χ1) is 11.4. The summed E-state index contributed by atoms with van der Waals surface area (Å²) in [5.74, 6) is 1.55. The van der Waals surface area contributed by atoms with E-state index in [2.05, 4.69) is 58.0 Å². The van der Waals surface area contributed by atoms with E-state index in [1.165, 1.54) is 10.9 Å². The number of benzene rings is 3. The number of aryl methyl sites for hydroxylation is 1. The van der Waals surface area contributed by atoms with Crippen LogP contribution in [0.3, 0.4) is 0 Å². The lowest BCUT2D eigenvalue weighted by Crippen LogP contribution is -2.26. The van der Waals surface area contributed by atoms with Gasteiger partial charge >= 0.3 is 0 Å². The van der Waals surface area contributed by atoms with Crippen LogP contribution in [-0.4, -0.2) is 5.90 Å². The normalized spacial score (nSPS) is 12.4. The van der Waals surface area contributed by atoms with Gasteiger partial charge in [-0.05, 0) is 30.5 Å². The Kier molecular flexibility index (Phi) is 4.39. The zero-order valence-electron chi connectivity index (χ0n) is 14.7. The summed E-state index contributed by atoms with van der Waals surface area (Å²) in [5, 5.41) is 2.26. The van der Waals surface area contributed by atoms with Gasteiger partial charge in [-0.25, -0.2) is 4.99 Å². The fourth-order valence-corrected chi connectivity index (χ4v) is 2.47. The second-order valence-corrected chi connectivity index (χ2v) is 7.08. The van der Waals surface area contributed by atoms with Crippen LogP contribution in [-0.2, 0) is 0 Å². The minimum Gasteiger partial charge on any atom is -0.442 e. The number of hydrogen-bond acceptors (Lipinski definition) is 2. The van der Waals surface area contributed by atoms with Gasteiger partial charge in [0.15, 0.2) is 0 Å². The molecule has 0 N–H and O–H groups in total. The van der Waals surface area contributed by atoms with Gasteiger partial charge in [0.2, 0.25) is 5.90 Å². The minimum atomic E-state index is -0.193. The molecule has 0 fully saturated rings. The molecule has 0 aliphatic carbocycles. The molecule has 3 rings (SSSR count). The predicted molar refractivity (Wildman–Crippen MR) is 102 cm³/mol. The van der Waals surface area contributed by atoms with Crippen molar-refractivity contribution in [3.63, 3.8) is 0 Å². The van der Waals surface area contributed by atoms with Gasteiger partial charge in [-0.15, -0.1) is 0 Å². The quantitative estimate of drug-likeness (QED) is 0.401. The van der Waals surface area contributed by atoms with Crippen molar-refractivity contribution in [1.82, 2.24) is 0 Å². The van der Waals surface area contributed by atoms with E-state index in [4.69, 9.17) is 9.73 Å². The van der Waals surface area contributed by atoms with Crippen LogP contribution >= 0.6 is 0 Å². The third kappa shape index (κ3) is 3.65. The Hall–Kier alpha value is -2.61. The Bertz CT molecular complexity index is 865. The van der Waals surface area contributed by atoms with E-state index >= 15 is 0 Å². The van der Waals surface area contributed by atoms with Crippen LogP contribution in [0.1, 0.15) is 26.3 Å². The summed E-state index contributed by atoms with van der Waals surface area (Å²) in [7, 11) is 0. The van der Waals surface area contributed by atoms with Crippen LogP contribution in [0.2, 0.25) is 0 Å². The number of nitrogens with zero attached hydrogens (tertiary/aromatic N) is 1. The first-order valence-corrected chi connectivity index (χ1v) is 8.25. The second kappa shape index (κ2) is 6.48. The van der Waals surface area contributed by atoms with Crippen molar-refractivity contribution in [2.45, 2.75) is 27.7 Å². The van der Waals surface area contributed by atoms with E-state index in [1.807, 2.05) is 36.4 Å². The molecule has 0 saturated carbocycles. The summed E-state index contributed by atoms with van der Waals surface area (Å²) >= 11 is 0. The van der Waals surface area contributed by atoms with Crippen molar-refractivity contribution in [1.29, 1.82) is 0 Å². The maximum absolute atomic E-state index is 6.28. The molecule has 122 valence electrons. The Balaban J connectivity index is 2.02. The zero-order valence-corrected chi connectivity index (χ0v) is 14.7. The molecule has 0 aliphatic heterocycles. The van der Waals surface area contributed by atoms with E-state index in [0.29, 0.717) is 5.90 Å². The lowest BCUT2D eigenvalue weighted by Gasteiger charge is -2.22. The highest BCUT2D eigenvalue weighted by atomic mass is 16.5. The van der Waals surface area contributed by atoms with Gasteiger partial charge in [-0.2, -0.15) is 0 Å². The largest absolute Gasteiger partial charge is 0.442 e. The highest BCUT2D eigenvalue weighted by molar-refractivity contribution is 5.93. The highest BCUT2D eigenvalue weighted by Gasteiger charge is 2.22. The SMILES string of the molecule is Cc1ccc(N=C(Oc2cccc3ccccc23)C(C)(C)C)cc1. The van der Waals surface area contributed by atoms with E-state index in [-0.39, 0.29) is 5.41 Å². The summed E-state index contributed by atoms with van der Waals surface area (Å²) in [6, 6.07) is 22.5. The number of ether oxygens (including phenoxy) is 1. The lowest BCUT2D eigenvalue weighted by molar-refractivity contribution is 0.437. The number of rotatable bonds is 2. The molecule has 0 bridgehead atoms. The molecule has 0 saturated heterocycles. The molecule has 2 heteroatoms. The molecule has 0 amide bonds. The van der Waals surface area contributed by atoms with Gasteiger partial charge in [-0.1, -0.05) is 74.9 Å². The smallest absolute Gasteiger partial charge is 0.200 e. The highest BCUT2D eigenvalue weighted by Crippen LogP contribution is 2.29. The second-order valence-electron chi connectivity index (χ2n) is 7.08. The van der Waals surface area contributed by atoms with Gasteiger partial charge in [0.25, 0.3) is 0 Å². The molecule has 3 aromatic carbocycles. The molecule has 0 aliphatic rings. The Morgan fingerprint density at radius 3 is 2.21 bits per heavy atom. The monoisotopic (exact) mass is 317 g/mol. The molecule has 3 aromatic rings. The molecule has 0 heterocycles. The van der Waals surface area contributed by atoms with E-state index in [0.717, 1.165) is 16.8 Å². The van der Waals surface area contributed by atoms with Crippen molar-refractivity contribution >= 4 is 22.4 Å². The molecular formula is C22H23NO. The van der Waals surface area contributed by atoms with Crippen molar-refractivity contribution in [3.05, 3.63) is 72.3 Å². The summed E-state index contributed by atoms with van der Waals surface area (Å²) < 4.78 is 6.28. The molecular weight excluding hydrogens is 294 g/mol. The molecule has 0 aromatic heterocycles. The van der Waals surface area contributed by atoms with Crippen molar-refractivity contribution in [2.75, 3.05) is 0 Å². The van der Waals surface area contributed by atoms with Crippen molar-refractivity contribution in [3.8, 4) is 5.75 Å². The van der Waals surface area contributed by atoms with Crippen molar-refractivity contribution < 1.29 is 4.74 Å². The average molecular weight is 317 g/mol. The van der Waals surface area contributed by atoms with Gasteiger partial charge in [0.1, 0.15) is 5.75 Å². The van der Waals surface area contributed by atoms with E-state index in [1.54, 1.807) is 0 Å². The van der Waals surface area contributed by atoms with Crippen molar-refractivity contribution in [2.24, 2.45) is 10.4 Å². The average Bonchev–Trinajstić information content (AvgIpc) is 2.55. The number of aliphatic imine (C=N–C) groups is 1. The lowest BCUT2D eigenvalue weighted by atomic mass is 9.96. The molecule has 0 radical (unpaired) electrons. The predicted octanol–water partition coefficient (Wildman–Crippen LogP) is 6.30. The van der Waals surface area contributed by atoms with Gasteiger partial charge < -0.3 is 4.74 Å².